The van der Waals surface area contributed by atoms with Gasteiger partial charge in [0.15, 0.2) is 6.04 Å². The molecule has 17 heavy (non-hydrogen) atoms. The van der Waals surface area contributed by atoms with Crippen molar-refractivity contribution >= 4 is 12.1 Å². The lowest BCUT2D eigenvalue weighted by molar-refractivity contribution is -0.144. The first-order valence-electron chi connectivity index (χ1n) is 5.29. The van der Waals surface area contributed by atoms with E-state index in [2.05, 4.69) is 4.74 Å². The summed E-state index contributed by atoms with van der Waals surface area (Å²) in [5.74, 6) is -0.503. The molecule has 5 nitrogen and oxygen atoms in total. The molecule has 0 N–H and O–H groups in total. The average molecular weight is 239 g/mol. The van der Waals surface area contributed by atoms with Gasteiger partial charge >= 0.3 is 12.1 Å². The van der Waals surface area contributed by atoms with E-state index in [1.54, 1.807) is 39.0 Å². The van der Waals surface area contributed by atoms with Crippen molar-refractivity contribution in [2.45, 2.75) is 32.4 Å². The van der Waals surface area contributed by atoms with Gasteiger partial charge in [0.05, 0.1) is 7.11 Å². The van der Waals surface area contributed by atoms with Gasteiger partial charge in [-0.2, -0.15) is 0 Å². The fourth-order valence-corrected chi connectivity index (χ4v) is 1.30. The number of amides is 1. The van der Waals surface area contributed by atoms with Gasteiger partial charge in [-0.1, -0.05) is 12.2 Å². The van der Waals surface area contributed by atoms with Gasteiger partial charge in [0.2, 0.25) is 0 Å². The van der Waals surface area contributed by atoms with Crippen LogP contribution in [0.1, 0.15) is 20.8 Å². The van der Waals surface area contributed by atoms with Crippen LogP contribution in [-0.2, 0) is 14.3 Å². The fourth-order valence-electron chi connectivity index (χ4n) is 1.30. The molecular weight excluding hydrogens is 222 g/mol. The predicted octanol–water partition coefficient (Wildman–Crippen LogP) is 1.85. The van der Waals surface area contributed by atoms with Crippen LogP contribution in [0.25, 0.3) is 0 Å². The average Bonchev–Trinajstić information content (AvgIpc) is 2.25. The molecule has 0 aromatic carbocycles. The summed E-state index contributed by atoms with van der Waals surface area (Å²) in [6, 6.07) is -0.764. The number of ether oxygens (including phenoxy) is 2. The van der Waals surface area contributed by atoms with E-state index < -0.39 is 23.7 Å². The van der Waals surface area contributed by atoms with E-state index in [0.29, 0.717) is 0 Å². The van der Waals surface area contributed by atoms with Crippen molar-refractivity contribution in [3.8, 4) is 0 Å². The molecule has 0 aliphatic carbocycles. The second-order valence-corrected chi connectivity index (χ2v) is 4.58. The molecule has 0 spiro atoms. The van der Waals surface area contributed by atoms with E-state index in [4.69, 9.17) is 4.74 Å². The van der Waals surface area contributed by atoms with Crippen molar-refractivity contribution in [1.29, 1.82) is 0 Å². The summed E-state index contributed by atoms with van der Waals surface area (Å²) in [5.41, 5.74) is -0.604. The standard InChI is InChI=1S/C12H17NO4/c1-12(2,3)17-11(15)13-8-6-5-7-9(13)10(14)16-4/h5-9H,1-4H3. The lowest BCUT2D eigenvalue weighted by atomic mass is 10.2. The smallest absolute Gasteiger partial charge is 0.415 e. The molecule has 1 heterocycles. The zero-order chi connectivity index (χ0) is 13.1. The maximum absolute atomic E-state index is 11.9. The Kier molecular flexibility index (Phi) is 3.93. The van der Waals surface area contributed by atoms with Crippen molar-refractivity contribution in [2.75, 3.05) is 7.11 Å². The van der Waals surface area contributed by atoms with E-state index in [-0.39, 0.29) is 0 Å². The Morgan fingerprint density at radius 1 is 1.24 bits per heavy atom. The van der Waals surface area contributed by atoms with Gasteiger partial charge in [0.1, 0.15) is 5.60 Å². The lowest BCUT2D eigenvalue weighted by Gasteiger charge is -2.29. The largest absolute Gasteiger partial charge is 0.467 e. The predicted molar refractivity (Wildman–Crippen MR) is 62.2 cm³/mol. The highest BCUT2D eigenvalue weighted by Crippen LogP contribution is 2.16. The molecule has 0 radical (unpaired) electrons. The summed E-state index contributed by atoms with van der Waals surface area (Å²) in [6.45, 7) is 5.30. The van der Waals surface area contributed by atoms with Crippen molar-refractivity contribution in [3.63, 3.8) is 0 Å². The number of methoxy groups -OCH3 is 1. The maximum Gasteiger partial charge on any atom is 0.415 e. The summed E-state index contributed by atoms with van der Waals surface area (Å²) < 4.78 is 9.82. The van der Waals surface area contributed by atoms with Gasteiger partial charge in [0, 0.05) is 6.20 Å². The summed E-state index contributed by atoms with van der Waals surface area (Å²) in [5, 5.41) is 0. The maximum atomic E-state index is 11.9. The van der Waals surface area contributed by atoms with Gasteiger partial charge in [-0.25, -0.2) is 9.59 Å². The number of rotatable bonds is 1. The number of carbonyl (C=O) groups is 2. The number of hydrogen-bond donors (Lipinski definition) is 0. The zero-order valence-corrected chi connectivity index (χ0v) is 10.5. The monoisotopic (exact) mass is 239 g/mol. The van der Waals surface area contributed by atoms with Crippen LogP contribution in [0.15, 0.2) is 24.4 Å². The van der Waals surface area contributed by atoms with E-state index in [1.165, 1.54) is 18.2 Å². The Balaban J connectivity index is 2.80. The van der Waals surface area contributed by atoms with E-state index in [0.717, 1.165) is 0 Å². The third-order valence-electron chi connectivity index (χ3n) is 2.00. The highest BCUT2D eigenvalue weighted by molar-refractivity contribution is 5.84. The van der Waals surface area contributed by atoms with Crippen LogP contribution >= 0.6 is 0 Å². The molecule has 0 saturated carbocycles. The SMILES string of the molecule is COC(=O)C1C=CC=CN1C(=O)OC(C)(C)C. The molecule has 0 fully saturated rings. The molecule has 1 atom stereocenters. The minimum atomic E-state index is -0.764. The van der Waals surface area contributed by atoms with Crippen LogP contribution in [0.3, 0.4) is 0 Å². The number of carbonyl (C=O) groups excluding carboxylic acids is 2. The fraction of sp³-hybridized carbons (Fsp3) is 0.500. The molecule has 1 aliphatic rings. The second kappa shape index (κ2) is 5.03. The molecule has 0 saturated heterocycles. The van der Waals surface area contributed by atoms with Crippen molar-refractivity contribution in [1.82, 2.24) is 4.90 Å². The number of esters is 1. The highest BCUT2D eigenvalue weighted by Gasteiger charge is 2.31. The molecule has 1 rings (SSSR count). The van der Waals surface area contributed by atoms with Gasteiger partial charge in [-0.05, 0) is 26.8 Å². The molecule has 0 aromatic rings. The number of allylic oxidation sites excluding steroid dienone is 2. The minimum absolute atomic E-state index is 0.503. The summed E-state index contributed by atoms with van der Waals surface area (Å²) in [6.07, 6.45) is 5.84. The van der Waals surface area contributed by atoms with Gasteiger partial charge in [0.25, 0.3) is 0 Å². The van der Waals surface area contributed by atoms with E-state index in [9.17, 15) is 9.59 Å². The normalized spacial score (nSPS) is 19.1. The van der Waals surface area contributed by atoms with Crippen molar-refractivity contribution in [3.05, 3.63) is 24.4 Å². The molecular formula is C12H17NO4. The first-order chi connectivity index (χ1) is 7.85. The highest BCUT2D eigenvalue weighted by atomic mass is 16.6. The Morgan fingerprint density at radius 3 is 2.41 bits per heavy atom. The summed E-state index contributed by atoms with van der Waals surface area (Å²) in [7, 11) is 1.28. The Morgan fingerprint density at radius 2 is 1.88 bits per heavy atom. The van der Waals surface area contributed by atoms with Crippen LogP contribution in [0, 0.1) is 0 Å². The molecule has 94 valence electrons. The third-order valence-corrected chi connectivity index (χ3v) is 2.00. The van der Waals surface area contributed by atoms with Crippen LogP contribution in [0.4, 0.5) is 4.79 Å². The first-order valence-corrected chi connectivity index (χ1v) is 5.29. The first kappa shape index (κ1) is 13.3. The Hall–Kier alpha value is -1.78. The summed E-state index contributed by atoms with van der Waals surface area (Å²) in [4.78, 5) is 24.6. The van der Waals surface area contributed by atoms with Crippen LogP contribution in [0.2, 0.25) is 0 Å². The van der Waals surface area contributed by atoms with Gasteiger partial charge in [-0.3, -0.25) is 4.90 Å². The topological polar surface area (TPSA) is 55.8 Å². The second-order valence-electron chi connectivity index (χ2n) is 4.58. The van der Waals surface area contributed by atoms with E-state index in [1.807, 2.05) is 0 Å². The molecule has 0 bridgehead atoms. The van der Waals surface area contributed by atoms with Crippen molar-refractivity contribution in [2.24, 2.45) is 0 Å². The molecule has 1 amide bonds. The van der Waals surface area contributed by atoms with Crippen LogP contribution in [0.5, 0.6) is 0 Å². The summed E-state index contributed by atoms with van der Waals surface area (Å²) >= 11 is 0. The Labute approximate surface area is 101 Å². The van der Waals surface area contributed by atoms with Gasteiger partial charge in [-0.15, -0.1) is 0 Å². The van der Waals surface area contributed by atoms with Gasteiger partial charge < -0.3 is 9.47 Å². The third kappa shape index (κ3) is 3.62. The minimum Gasteiger partial charge on any atom is -0.467 e. The van der Waals surface area contributed by atoms with Crippen LogP contribution < -0.4 is 0 Å². The molecule has 1 aliphatic heterocycles. The molecule has 1 unspecified atom stereocenters. The van der Waals surface area contributed by atoms with E-state index >= 15 is 0 Å². The van der Waals surface area contributed by atoms with Crippen molar-refractivity contribution < 1.29 is 19.1 Å². The zero-order valence-electron chi connectivity index (χ0n) is 10.5. The Bertz CT molecular complexity index is 365. The number of hydrogen-bond acceptors (Lipinski definition) is 4. The molecule has 5 heteroatoms. The molecule has 0 aromatic heterocycles. The quantitative estimate of drug-likeness (QED) is 0.655. The lowest BCUT2D eigenvalue weighted by Crippen LogP contribution is -2.44. The number of nitrogens with zero attached hydrogens (tertiary/aromatic N) is 1. The van der Waals surface area contributed by atoms with Crippen LogP contribution in [-0.4, -0.2) is 35.7 Å².